The van der Waals surface area contributed by atoms with Gasteiger partial charge in [-0.2, -0.15) is 4.72 Å². The molecule has 2 aromatic rings. The van der Waals surface area contributed by atoms with Crippen LogP contribution in [0.25, 0.3) is 0 Å². The predicted molar refractivity (Wildman–Crippen MR) is 144 cm³/mol. The fourth-order valence-electron chi connectivity index (χ4n) is 4.50. The summed E-state index contributed by atoms with van der Waals surface area (Å²) in [6, 6.07) is 13.6. The summed E-state index contributed by atoms with van der Waals surface area (Å²) in [6.45, 7) is 6.17. The average molecular weight is 544 g/mol. The third-order valence-corrected chi connectivity index (χ3v) is 8.62. The predicted octanol–water partition coefficient (Wildman–Crippen LogP) is 2.74. The number of hydrogen-bond acceptors (Lipinski definition) is 5. The number of nitrogens with zero attached hydrogens (tertiary/aromatic N) is 1. The molecule has 0 aromatic heterocycles. The normalized spacial score (nSPS) is 16.9. The molecular weight excluding hydrogens is 506 g/mol. The molecule has 9 nitrogen and oxygen atoms in total. The van der Waals surface area contributed by atoms with Crippen LogP contribution in [0.2, 0.25) is 0 Å². The molecule has 2 amide bonds. The van der Waals surface area contributed by atoms with Crippen molar-refractivity contribution >= 4 is 27.8 Å². The van der Waals surface area contributed by atoms with Gasteiger partial charge in [0.1, 0.15) is 12.1 Å². The zero-order valence-electron chi connectivity index (χ0n) is 22.1. The van der Waals surface area contributed by atoms with Crippen molar-refractivity contribution in [1.29, 1.82) is 0 Å². The molecular formula is C28H37N3O6S. The average Bonchev–Trinajstić information content (AvgIpc) is 2.91. The van der Waals surface area contributed by atoms with Gasteiger partial charge in [0.15, 0.2) is 0 Å². The highest BCUT2D eigenvalue weighted by Gasteiger charge is 2.36. The topological polar surface area (TPSA) is 133 Å². The van der Waals surface area contributed by atoms with E-state index in [0.717, 1.165) is 11.1 Å². The van der Waals surface area contributed by atoms with E-state index in [0.29, 0.717) is 19.3 Å². The summed E-state index contributed by atoms with van der Waals surface area (Å²) >= 11 is 0. The van der Waals surface area contributed by atoms with E-state index >= 15 is 0 Å². The van der Waals surface area contributed by atoms with Crippen LogP contribution in [0.15, 0.2) is 59.5 Å². The van der Waals surface area contributed by atoms with Gasteiger partial charge in [0.25, 0.3) is 0 Å². The second kappa shape index (κ2) is 13.0. The molecule has 1 aliphatic rings. The Kier molecular flexibility index (Phi) is 10.0. The maximum Gasteiger partial charge on any atom is 0.326 e. The van der Waals surface area contributed by atoms with Crippen molar-refractivity contribution in [3.05, 3.63) is 65.7 Å². The van der Waals surface area contributed by atoms with Crippen molar-refractivity contribution < 1.29 is 27.9 Å². The zero-order chi connectivity index (χ0) is 27.9. The van der Waals surface area contributed by atoms with Crippen LogP contribution in [0.4, 0.5) is 0 Å². The smallest absolute Gasteiger partial charge is 0.326 e. The number of amides is 2. The maximum atomic E-state index is 13.4. The van der Waals surface area contributed by atoms with E-state index in [4.69, 9.17) is 0 Å². The van der Waals surface area contributed by atoms with Gasteiger partial charge in [-0.05, 0) is 43.4 Å². The van der Waals surface area contributed by atoms with Gasteiger partial charge in [0.05, 0.1) is 4.90 Å². The number of aliphatic carboxylic acids is 1. The molecule has 206 valence electrons. The van der Waals surface area contributed by atoms with Crippen molar-refractivity contribution in [2.75, 3.05) is 13.1 Å². The van der Waals surface area contributed by atoms with Gasteiger partial charge >= 0.3 is 5.97 Å². The van der Waals surface area contributed by atoms with Crippen molar-refractivity contribution in [2.24, 2.45) is 11.8 Å². The lowest BCUT2D eigenvalue weighted by Crippen LogP contribution is -2.54. The molecule has 38 heavy (non-hydrogen) atoms. The first-order valence-corrected chi connectivity index (χ1v) is 14.4. The second-order valence-corrected chi connectivity index (χ2v) is 11.7. The van der Waals surface area contributed by atoms with Crippen molar-refractivity contribution in [3.63, 3.8) is 0 Å². The fraction of sp³-hybridized carbons (Fsp3) is 0.464. The lowest BCUT2D eigenvalue weighted by Gasteiger charge is -2.35. The highest BCUT2D eigenvalue weighted by molar-refractivity contribution is 7.89. The Morgan fingerprint density at radius 3 is 2.18 bits per heavy atom. The molecule has 3 N–H and O–H groups in total. The van der Waals surface area contributed by atoms with Crippen LogP contribution >= 0.6 is 0 Å². The first kappa shape index (κ1) is 29.3. The minimum Gasteiger partial charge on any atom is -0.480 e. The van der Waals surface area contributed by atoms with Crippen LogP contribution in [0.1, 0.15) is 44.2 Å². The lowest BCUT2D eigenvalue weighted by molar-refractivity contribution is -0.143. The molecule has 3 rings (SSSR count). The van der Waals surface area contributed by atoms with Crippen LogP contribution in [-0.4, -0.2) is 61.4 Å². The number of carboxylic acids is 1. The van der Waals surface area contributed by atoms with Crippen LogP contribution in [0.3, 0.4) is 0 Å². The molecule has 1 unspecified atom stereocenters. The highest BCUT2D eigenvalue weighted by atomic mass is 32.2. The summed E-state index contributed by atoms with van der Waals surface area (Å²) in [5.41, 5.74) is 1.74. The Hall–Kier alpha value is -3.24. The van der Waals surface area contributed by atoms with Gasteiger partial charge in [-0.1, -0.05) is 68.3 Å². The number of sulfonamides is 1. The third-order valence-electron chi connectivity index (χ3n) is 7.17. The first-order chi connectivity index (χ1) is 18.0. The Morgan fingerprint density at radius 2 is 1.63 bits per heavy atom. The Morgan fingerprint density at radius 1 is 1.03 bits per heavy atom. The fourth-order valence-corrected chi connectivity index (χ4v) is 5.79. The van der Waals surface area contributed by atoms with Crippen molar-refractivity contribution in [2.45, 2.75) is 63.4 Å². The molecule has 10 heteroatoms. The summed E-state index contributed by atoms with van der Waals surface area (Å²) < 4.78 is 28.6. The minimum atomic E-state index is -3.90. The quantitative estimate of drug-likeness (QED) is 0.399. The van der Waals surface area contributed by atoms with Gasteiger partial charge < -0.3 is 15.3 Å². The molecule has 0 radical (unpaired) electrons. The van der Waals surface area contributed by atoms with Crippen LogP contribution in [0, 0.1) is 18.8 Å². The molecule has 1 fully saturated rings. The standard InChI is InChI=1S/C28H37N3O6S/c1-4-20(3)25(30-38(36,37)23-12-10-19(2)11-13-23)27(33)31-16-14-22(15-17-31)26(32)29-24(28(34)35)18-21-8-6-5-7-9-21/h5-13,20,22,24-25,30H,4,14-18H2,1-3H3,(H,29,32)(H,34,35)/t20?,24-,25-/m0/s1. The van der Waals surface area contributed by atoms with Gasteiger partial charge in [-0.15, -0.1) is 0 Å². The number of carboxylic acid groups (broad SMARTS) is 1. The SMILES string of the molecule is CCC(C)[C@H](NS(=O)(=O)c1ccc(C)cc1)C(=O)N1CCC(C(=O)N[C@@H](Cc2ccccc2)C(=O)O)CC1. The molecule has 1 heterocycles. The van der Waals surface area contributed by atoms with Crippen LogP contribution in [-0.2, 0) is 30.8 Å². The monoisotopic (exact) mass is 543 g/mol. The number of benzene rings is 2. The number of carbonyl (C=O) groups is 3. The van der Waals surface area contributed by atoms with Gasteiger partial charge in [-0.3, -0.25) is 9.59 Å². The zero-order valence-corrected chi connectivity index (χ0v) is 22.9. The number of carbonyl (C=O) groups excluding carboxylic acids is 2. The van der Waals surface area contributed by atoms with Crippen LogP contribution in [0.5, 0.6) is 0 Å². The summed E-state index contributed by atoms with van der Waals surface area (Å²) in [4.78, 5) is 39.7. The van der Waals surface area contributed by atoms with Gasteiger partial charge in [-0.25, -0.2) is 13.2 Å². The van der Waals surface area contributed by atoms with E-state index in [2.05, 4.69) is 10.0 Å². The van der Waals surface area contributed by atoms with E-state index in [1.807, 2.05) is 51.1 Å². The number of piperidine rings is 1. The number of nitrogens with one attached hydrogen (secondary N) is 2. The van der Waals surface area contributed by atoms with E-state index in [-0.39, 0.29) is 42.1 Å². The second-order valence-electron chi connectivity index (χ2n) is 9.99. The van der Waals surface area contributed by atoms with Crippen molar-refractivity contribution in [3.8, 4) is 0 Å². The molecule has 1 saturated heterocycles. The third kappa shape index (κ3) is 7.64. The van der Waals surface area contributed by atoms with Crippen LogP contribution < -0.4 is 10.0 Å². The van der Waals surface area contributed by atoms with Crippen molar-refractivity contribution in [1.82, 2.24) is 14.9 Å². The largest absolute Gasteiger partial charge is 0.480 e. The van der Waals surface area contributed by atoms with E-state index in [9.17, 15) is 27.9 Å². The number of aryl methyl sites for hydroxylation is 1. The van der Waals surface area contributed by atoms with E-state index in [1.165, 1.54) is 12.1 Å². The Bertz CT molecular complexity index is 1210. The molecule has 0 aliphatic carbocycles. The maximum absolute atomic E-state index is 13.4. The molecule has 0 saturated carbocycles. The number of hydrogen-bond donors (Lipinski definition) is 3. The molecule has 3 atom stereocenters. The summed E-state index contributed by atoms with van der Waals surface area (Å²) in [6.07, 6.45) is 1.51. The highest BCUT2D eigenvalue weighted by Crippen LogP contribution is 2.22. The molecule has 0 bridgehead atoms. The Labute approximate surface area is 224 Å². The molecule has 2 aromatic carbocycles. The summed E-state index contributed by atoms with van der Waals surface area (Å²) in [7, 11) is -3.90. The molecule has 1 aliphatic heterocycles. The summed E-state index contributed by atoms with van der Waals surface area (Å²) in [5.74, 6) is -2.44. The lowest BCUT2D eigenvalue weighted by atomic mass is 9.93. The van der Waals surface area contributed by atoms with E-state index in [1.54, 1.807) is 17.0 Å². The van der Waals surface area contributed by atoms with Gasteiger partial charge in [0.2, 0.25) is 21.8 Å². The van der Waals surface area contributed by atoms with Gasteiger partial charge in [0, 0.05) is 25.4 Å². The minimum absolute atomic E-state index is 0.100. The number of rotatable bonds is 11. The summed E-state index contributed by atoms with van der Waals surface area (Å²) in [5, 5.41) is 12.2. The Balaban J connectivity index is 1.62. The van der Waals surface area contributed by atoms with E-state index < -0.39 is 34.0 Å². The number of likely N-dealkylation sites (tertiary alicyclic amines) is 1. The molecule has 0 spiro atoms. The first-order valence-electron chi connectivity index (χ1n) is 13.0.